The number of anilines is 1. The van der Waals surface area contributed by atoms with Crippen LogP contribution in [0.2, 0.25) is 0 Å². The molecule has 33 heavy (non-hydrogen) atoms. The lowest BCUT2D eigenvalue weighted by Gasteiger charge is -2.34. The van der Waals surface area contributed by atoms with E-state index >= 15 is 0 Å². The summed E-state index contributed by atoms with van der Waals surface area (Å²) in [6.45, 7) is 3.81. The summed E-state index contributed by atoms with van der Waals surface area (Å²) in [6, 6.07) is 22.7. The van der Waals surface area contributed by atoms with E-state index in [0.29, 0.717) is 36.9 Å². The highest BCUT2D eigenvalue weighted by Crippen LogP contribution is 2.24. The first-order valence-corrected chi connectivity index (χ1v) is 12.2. The number of hydrogen-bond donors (Lipinski definition) is 0. The van der Waals surface area contributed by atoms with Gasteiger partial charge in [0.2, 0.25) is 10.0 Å². The van der Waals surface area contributed by atoms with Gasteiger partial charge in [-0.05, 0) is 48.4 Å². The van der Waals surface area contributed by atoms with Crippen molar-refractivity contribution >= 4 is 15.8 Å². The number of hydrogen-bond acceptors (Lipinski definition) is 6. The fourth-order valence-corrected chi connectivity index (χ4v) is 5.33. The second-order valence-corrected chi connectivity index (χ2v) is 9.87. The monoisotopic (exact) mass is 460 g/mol. The Balaban J connectivity index is 1.24. The molecule has 1 aliphatic heterocycles. The molecule has 0 saturated carbocycles. The van der Waals surface area contributed by atoms with Gasteiger partial charge in [-0.2, -0.15) is 9.40 Å². The minimum absolute atomic E-state index is 0.314. The Morgan fingerprint density at radius 3 is 1.97 bits per heavy atom. The number of sulfonamides is 1. The number of benzene rings is 2. The zero-order chi connectivity index (χ0) is 22.8. The minimum atomic E-state index is -3.55. The molecule has 168 valence electrons. The lowest BCUT2D eigenvalue weighted by molar-refractivity contribution is 0.383. The third-order valence-electron chi connectivity index (χ3n) is 5.76. The van der Waals surface area contributed by atoms with E-state index in [2.05, 4.69) is 20.2 Å². The Hall–Kier alpha value is -3.56. The molecule has 0 radical (unpaired) electrons. The zero-order valence-electron chi connectivity index (χ0n) is 18.2. The van der Waals surface area contributed by atoms with E-state index in [4.69, 9.17) is 0 Å². The van der Waals surface area contributed by atoms with Crippen LogP contribution < -0.4 is 4.90 Å². The molecular weight excluding hydrogens is 436 g/mol. The molecule has 0 bridgehead atoms. The first kappa shape index (κ1) is 21.3. The number of rotatable bonds is 5. The zero-order valence-corrected chi connectivity index (χ0v) is 19.1. The maximum atomic E-state index is 13.2. The summed E-state index contributed by atoms with van der Waals surface area (Å²) >= 11 is 0. The topological polar surface area (TPSA) is 84.2 Å². The van der Waals surface area contributed by atoms with Crippen molar-refractivity contribution in [3.63, 3.8) is 0 Å². The summed E-state index contributed by atoms with van der Waals surface area (Å²) in [5.74, 6) is 1.37. The highest BCUT2D eigenvalue weighted by Gasteiger charge is 2.29. The SMILES string of the molecule is Cc1ccn(-c2ccc(N3CCN(S(=O)(=O)c4ccc(-c5ccccc5)cc4)CC3)nn2)n1. The molecule has 1 saturated heterocycles. The molecule has 3 heterocycles. The molecule has 2 aromatic heterocycles. The Morgan fingerprint density at radius 2 is 1.36 bits per heavy atom. The molecule has 8 nitrogen and oxygen atoms in total. The lowest BCUT2D eigenvalue weighted by Crippen LogP contribution is -2.49. The molecule has 0 amide bonds. The third-order valence-corrected chi connectivity index (χ3v) is 7.67. The van der Waals surface area contributed by atoms with Gasteiger partial charge in [-0.1, -0.05) is 42.5 Å². The molecule has 2 aromatic carbocycles. The Labute approximate surface area is 193 Å². The van der Waals surface area contributed by atoms with Crippen LogP contribution in [0.25, 0.3) is 16.9 Å². The molecule has 4 aromatic rings. The van der Waals surface area contributed by atoms with Crippen molar-refractivity contribution in [2.45, 2.75) is 11.8 Å². The summed E-state index contributed by atoms with van der Waals surface area (Å²) in [5.41, 5.74) is 2.96. The van der Waals surface area contributed by atoms with Crippen molar-refractivity contribution in [3.8, 4) is 16.9 Å². The van der Waals surface area contributed by atoms with Crippen LogP contribution in [-0.4, -0.2) is 58.9 Å². The number of piperazine rings is 1. The van der Waals surface area contributed by atoms with E-state index in [9.17, 15) is 8.42 Å². The second kappa shape index (κ2) is 8.76. The van der Waals surface area contributed by atoms with Crippen molar-refractivity contribution in [3.05, 3.63) is 84.7 Å². The van der Waals surface area contributed by atoms with Crippen LogP contribution in [0.1, 0.15) is 5.69 Å². The van der Waals surface area contributed by atoms with E-state index in [-0.39, 0.29) is 0 Å². The van der Waals surface area contributed by atoms with Gasteiger partial charge in [0.05, 0.1) is 10.6 Å². The minimum Gasteiger partial charge on any atom is -0.352 e. The average molecular weight is 461 g/mol. The van der Waals surface area contributed by atoms with Crippen molar-refractivity contribution in [1.29, 1.82) is 0 Å². The number of aryl methyl sites for hydroxylation is 1. The van der Waals surface area contributed by atoms with Crippen molar-refractivity contribution in [1.82, 2.24) is 24.3 Å². The predicted molar refractivity (Wildman–Crippen MR) is 127 cm³/mol. The largest absolute Gasteiger partial charge is 0.352 e. The van der Waals surface area contributed by atoms with Crippen LogP contribution in [0, 0.1) is 6.92 Å². The van der Waals surface area contributed by atoms with Gasteiger partial charge in [0, 0.05) is 32.4 Å². The molecule has 9 heteroatoms. The summed E-state index contributed by atoms with van der Waals surface area (Å²) in [7, 11) is -3.55. The fraction of sp³-hybridized carbons (Fsp3) is 0.208. The highest BCUT2D eigenvalue weighted by molar-refractivity contribution is 7.89. The van der Waals surface area contributed by atoms with E-state index in [1.54, 1.807) is 16.8 Å². The van der Waals surface area contributed by atoms with Crippen LogP contribution in [0.15, 0.2) is 83.9 Å². The Kier molecular flexibility index (Phi) is 5.65. The molecule has 1 fully saturated rings. The van der Waals surface area contributed by atoms with Crippen LogP contribution in [-0.2, 0) is 10.0 Å². The van der Waals surface area contributed by atoms with Crippen LogP contribution in [0.5, 0.6) is 0 Å². The summed E-state index contributed by atoms with van der Waals surface area (Å²) in [6.07, 6.45) is 1.84. The molecule has 1 aliphatic rings. The van der Waals surface area contributed by atoms with Gasteiger partial charge < -0.3 is 4.90 Å². The second-order valence-electron chi connectivity index (χ2n) is 7.93. The van der Waals surface area contributed by atoms with Crippen molar-refractivity contribution in [2.24, 2.45) is 0 Å². The number of aromatic nitrogens is 4. The molecule has 0 atom stereocenters. The molecule has 0 unspecified atom stereocenters. The van der Waals surface area contributed by atoms with Crippen LogP contribution in [0.4, 0.5) is 5.82 Å². The molecular formula is C24H24N6O2S. The van der Waals surface area contributed by atoms with E-state index in [1.165, 1.54) is 4.31 Å². The highest BCUT2D eigenvalue weighted by atomic mass is 32.2. The third kappa shape index (κ3) is 4.37. The van der Waals surface area contributed by atoms with Gasteiger partial charge in [-0.25, -0.2) is 13.1 Å². The summed E-state index contributed by atoms with van der Waals surface area (Å²) in [4.78, 5) is 2.37. The summed E-state index contributed by atoms with van der Waals surface area (Å²) in [5, 5.41) is 12.9. The van der Waals surface area contributed by atoms with Gasteiger partial charge in [-0.15, -0.1) is 10.2 Å². The molecule has 5 rings (SSSR count). The average Bonchev–Trinajstić information content (AvgIpc) is 3.31. The Bertz CT molecular complexity index is 1330. The van der Waals surface area contributed by atoms with Gasteiger partial charge in [0.25, 0.3) is 0 Å². The maximum absolute atomic E-state index is 13.2. The van der Waals surface area contributed by atoms with Gasteiger partial charge in [0.1, 0.15) is 0 Å². The maximum Gasteiger partial charge on any atom is 0.243 e. The van der Waals surface area contributed by atoms with Gasteiger partial charge in [-0.3, -0.25) is 0 Å². The van der Waals surface area contributed by atoms with E-state index < -0.39 is 10.0 Å². The van der Waals surface area contributed by atoms with Gasteiger partial charge in [0.15, 0.2) is 11.6 Å². The smallest absolute Gasteiger partial charge is 0.243 e. The lowest BCUT2D eigenvalue weighted by atomic mass is 10.1. The van der Waals surface area contributed by atoms with Gasteiger partial charge >= 0.3 is 0 Å². The summed E-state index contributed by atoms with van der Waals surface area (Å²) < 4.78 is 29.5. The standard InChI is InChI=1S/C24H24N6O2S/c1-19-13-14-30(27-19)24-12-11-23(25-26-24)28-15-17-29(18-16-28)33(31,32)22-9-7-21(8-10-22)20-5-3-2-4-6-20/h2-14H,15-18H2,1H3. The quantitative estimate of drug-likeness (QED) is 0.455. The van der Waals surface area contributed by atoms with Crippen molar-refractivity contribution < 1.29 is 8.42 Å². The van der Waals surface area contributed by atoms with Crippen LogP contribution in [0.3, 0.4) is 0 Å². The molecule has 0 aliphatic carbocycles. The fourth-order valence-electron chi connectivity index (χ4n) is 3.91. The number of nitrogens with zero attached hydrogens (tertiary/aromatic N) is 6. The normalized spacial score (nSPS) is 15.0. The predicted octanol–water partition coefficient (Wildman–Crippen LogP) is 3.15. The first-order valence-electron chi connectivity index (χ1n) is 10.8. The Morgan fingerprint density at radius 1 is 0.727 bits per heavy atom. The van der Waals surface area contributed by atoms with Crippen molar-refractivity contribution in [2.75, 3.05) is 31.1 Å². The van der Waals surface area contributed by atoms with E-state index in [0.717, 1.165) is 22.6 Å². The molecule has 0 spiro atoms. The molecule has 0 N–H and O–H groups in total. The van der Waals surface area contributed by atoms with E-state index in [1.807, 2.05) is 73.8 Å². The van der Waals surface area contributed by atoms with Crippen LogP contribution >= 0.6 is 0 Å². The first-order chi connectivity index (χ1) is 16.0.